The largest absolute Gasteiger partial charge is 0.472 e. The van der Waals surface area contributed by atoms with Gasteiger partial charge in [0.05, 0.1) is 26.4 Å². The lowest BCUT2D eigenvalue weighted by Crippen LogP contribution is -2.30. The van der Waals surface area contributed by atoms with E-state index >= 15 is 0 Å². The van der Waals surface area contributed by atoms with E-state index in [1.54, 1.807) is 0 Å². The molecule has 2 unspecified atom stereocenters. The van der Waals surface area contributed by atoms with Crippen LogP contribution in [0.15, 0.2) is 0 Å². The molecule has 0 aromatic heterocycles. The number of phosphoric acid groups is 2. The molecule has 0 heterocycles. The predicted molar refractivity (Wildman–Crippen MR) is 414 cm³/mol. The van der Waals surface area contributed by atoms with Crippen LogP contribution < -0.4 is 0 Å². The van der Waals surface area contributed by atoms with Crippen LogP contribution in [0.1, 0.15) is 433 Å². The standard InChI is InChI=1S/C82H160O17P2/c1-7-9-11-13-15-17-19-21-23-25-27-31-35-39-46-52-58-64-79(84)92-70-77(98-81(86)66-60-54-48-40-36-32-28-26-24-22-20-18-16-14-12-10-8-2)72-96-100(88,89)94-68-76(83)69-95-101(90,91)97-73-78(71-93-80(85)65-59-53-47-43-42-45-51-57-63-75(5)6)99-82(87)67-61-55-49-41-37-33-29-30-34-38-44-50-56-62-74(3)4/h74-78,83H,7-73H2,1-6H3,(H,88,89)(H,90,91)/t76-,77-,78-/m1/s1. The molecule has 19 heteroatoms. The highest BCUT2D eigenvalue weighted by molar-refractivity contribution is 7.47. The zero-order chi connectivity index (χ0) is 74.2. The number of carbonyl (C=O) groups excluding carboxylic acids is 4. The van der Waals surface area contributed by atoms with Gasteiger partial charge in [-0.15, -0.1) is 0 Å². The van der Waals surface area contributed by atoms with Crippen molar-refractivity contribution in [3.8, 4) is 0 Å². The van der Waals surface area contributed by atoms with E-state index in [9.17, 15) is 43.2 Å². The second kappa shape index (κ2) is 73.6. The van der Waals surface area contributed by atoms with Gasteiger partial charge >= 0.3 is 39.5 Å². The third kappa shape index (κ3) is 76.1. The van der Waals surface area contributed by atoms with Gasteiger partial charge < -0.3 is 33.8 Å². The van der Waals surface area contributed by atoms with Crippen LogP contribution in [-0.2, 0) is 65.4 Å². The van der Waals surface area contributed by atoms with Gasteiger partial charge in [-0.1, -0.05) is 382 Å². The molecule has 17 nitrogen and oxygen atoms in total. The molecule has 600 valence electrons. The summed E-state index contributed by atoms with van der Waals surface area (Å²) in [5, 5.41) is 10.7. The summed E-state index contributed by atoms with van der Waals surface area (Å²) < 4.78 is 68.8. The number of esters is 4. The molecule has 0 bridgehead atoms. The van der Waals surface area contributed by atoms with Gasteiger partial charge in [-0.05, 0) is 37.5 Å². The molecular weight excluding hydrogens is 1320 g/mol. The summed E-state index contributed by atoms with van der Waals surface area (Å²) in [5.41, 5.74) is 0. The summed E-state index contributed by atoms with van der Waals surface area (Å²) >= 11 is 0. The summed E-state index contributed by atoms with van der Waals surface area (Å²) in [7, 11) is -9.92. The minimum atomic E-state index is -4.96. The van der Waals surface area contributed by atoms with E-state index in [2.05, 4.69) is 41.5 Å². The van der Waals surface area contributed by atoms with E-state index in [1.165, 1.54) is 250 Å². The fourth-order valence-electron chi connectivity index (χ4n) is 12.7. The second-order valence-electron chi connectivity index (χ2n) is 30.5. The smallest absolute Gasteiger partial charge is 0.462 e. The Morgan fingerprint density at radius 1 is 0.267 bits per heavy atom. The maximum Gasteiger partial charge on any atom is 0.472 e. The average molecular weight is 1480 g/mol. The molecule has 0 aliphatic rings. The molecule has 5 atom stereocenters. The fourth-order valence-corrected chi connectivity index (χ4v) is 14.3. The van der Waals surface area contributed by atoms with Crippen molar-refractivity contribution >= 4 is 39.5 Å². The number of carbonyl (C=O) groups is 4. The molecule has 0 aromatic carbocycles. The second-order valence-corrected chi connectivity index (χ2v) is 33.4. The molecule has 0 spiro atoms. The summed E-state index contributed by atoms with van der Waals surface area (Å²) in [5.74, 6) is -0.593. The molecule has 0 rings (SSSR count). The number of phosphoric ester groups is 2. The number of hydrogen-bond donors (Lipinski definition) is 3. The highest BCUT2D eigenvalue weighted by Crippen LogP contribution is 2.45. The van der Waals surface area contributed by atoms with Crippen LogP contribution in [0, 0.1) is 11.8 Å². The topological polar surface area (TPSA) is 237 Å². The number of unbranched alkanes of at least 4 members (excludes halogenated alkanes) is 51. The van der Waals surface area contributed by atoms with E-state index in [1.807, 2.05) is 0 Å². The summed E-state index contributed by atoms with van der Waals surface area (Å²) in [6.45, 7) is 9.63. The Morgan fingerprint density at radius 2 is 0.455 bits per heavy atom. The first-order valence-corrected chi connectivity index (χ1v) is 45.5. The van der Waals surface area contributed by atoms with Gasteiger partial charge in [0.25, 0.3) is 0 Å². The Morgan fingerprint density at radius 3 is 0.673 bits per heavy atom. The maximum atomic E-state index is 13.1. The van der Waals surface area contributed by atoms with Crippen LogP contribution >= 0.6 is 15.6 Å². The van der Waals surface area contributed by atoms with Crippen LogP contribution in [0.2, 0.25) is 0 Å². The Bertz CT molecular complexity index is 1940. The Hall–Kier alpha value is -1.94. The molecule has 101 heavy (non-hydrogen) atoms. The molecule has 0 aliphatic carbocycles. The number of hydrogen-bond acceptors (Lipinski definition) is 15. The van der Waals surface area contributed by atoms with E-state index in [-0.39, 0.29) is 25.7 Å². The highest BCUT2D eigenvalue weighted by atomic mass is 31.2. The number of rotatable bonds is 81. The molecule has 0 saturated carbocycles. The van der Waals surface area contributed by atoms with Crippen molar-refractivity contribution in [2.24, 2.45) is 11.8 Å². The Kier molecular flexibility index (Phi) is 72.2. The molecule has 3 N–H and O–H groups in total. The van der Waals surface area contributed by atoms with Crippen molar-refractivity contribution in [3.63, 3.8) is 0 Å². The SMILES string of the molecule is CCCCCCCCCCCCCCCCCCCC(=O)OC[C@H](COP(=O)(O)OC[C@@H](O)COP(=O)(O)OC[C@@H](COC(=O)CCCCCCCCCCC(C)C)OC(=O)CCCCCCCCCCCCCCCC(C)C)OC(=O)CCCCCCCCCCCCCCCCCCC. The zero-order valence-corrected chi connectivity index (χ0v) is 68.0. The third-order valence-electron chi connectivity index (χ3n) is 19.2. The lowest BCUT2D eigenvalue weighted by atomic mass is 10.0. The minimum absolute atomic E-state index is 0.107. The molecule has 0 fully saturated rings. The minimum Gasteiger partial charge on any atom is -0.462 e. The van der Waals surface area contributed by atoms with Crippen molar-refractivity contribution in [1.82, 2.24) is 0 Å². The van der Waals surface area contributed by atoms with Gasteiger partial charge in [0.15, 0.2) is 12.2 Å². The van der Waals surface area contributed by atoms with E-state index in [0.717, 1.165) is 102 Å². The van der Waals surface area contributed by atoms with Crippen LogP contribution in [0.25, 0.3) is 0 Å². The van der Waals surface area contributed by atoms with E-state index in [0.29, 0.717) is 25.7 Å². The lowest BCUT2D eigenvalue weighted by Gasteiger charge is -2.21. The first-order valence-electron chi connectivity index (χ1n) is 42.5. The maximum absolute atomic E-state index is 13.1. The first kappa shape index (κ1) is 99.1. The van der Waals surface area contributed by atoms with Crippen LogP contribution in [0.3, 0.4) is 0 Å². The van der Waals surface area contributed by atoms with Gasteiger partial charge in [-0.2, -0.15) is 0 Å². The summed E-state index contributed by atoms with van der Waals surface area (Å²) in [4.78, 5) is 73.1. The fraction of sp³-hybridized carbons (Fsp3) is 0.951. The van der Waals surface area contributed by atoms with Crippen molar-refractivity contribution < 1.29 is 80.2 Å². The number of aliphatic hydroxyl groups excluding tert-OH is 1. The molecule has 0 amide bonds. The quantitative estimate of drug-likeness (QED) is 0.0222. The van der Waals surface area contributed by atoms with Gasteiger partial charge in [0.1, 0.15) is 19.3 Å². The van der Waals surface area contributed by atoms with Crippen molar-refractivity contribution in [1.29, 1.82) is 0 Å². The monoisotopic (exact) mass is 1480 g/mol. The van der Waals surface area contributed by atoms with Crippen LogP contribution in [0.5, 0.6) is 0 Å². The Labute approximate surface area is 619 Å². The zero-order valence-electron chi connectivity index (χ0n) is 66.2. The normalized spacial score (nSPS) is 13.9. The van der Waals surface area contributed by atoms with Gasteiger partial charge in [0, 0.05) is 25.7 Å². The van der Waals surface area contributed by atoms with E-state index in [4.69, 9.17) is 37.0 Å². The van der Waals surface area contributed by atoms with E-state index < -0.39 is 97.5 Å². The summed E-state index contributed by atoms with van der Waals surface area (Å²) in [6.07, 6.45) is 63.8. The van der Waals surface area contributed by atoms with Crippen LogP contribution in [0.4, 0.5) is 0 Å². The van der Waals surface area contributed by atoms with Gasteiger partial charge in [-0.25, -0.2) is 9.13 Å². The molecular formula is C82H160O17P2. The van der Waals surface area contributed by atoms with Crippen molar-refractivity contribution in [2.75, 3.05) is 39.6 Å². The molecule has 0 radical (unpaired) electrons. The number of aliphatic hydroxyl groups is 1. The first-order chi connectivity index (χ1) is 48.9. The average Bonchev–Trinajstić information content (AvgIpc) is 1.01. The van der Waals surface area contributed by atoms with Crippen LogP contribution in [-0.4, -0.2) is 96.7 Å². The van der Waals surface area contributed by atoms with Gasteiger partial charge in [0.2, 0.25) is 0 Å². The predicted octanol–water partition coefficient (Wildman–Crippen LogP) is 24.7. The van der Waals surface area contributed by atoms with Gasteiger partial charge in [-0.3, -0.25) is 37.3 Å². The lowest BCUT2D eigenvalue weighted by molar-refractivity contribution is -0.161. The molecule has 0 aromatic rings. The molecule has 0 aliphatic heterocycles. The number of ether oxygens (including phenoxy) is 4. The highest BCUT2D eigenvalue weighted by Gasteiger charge is 2.30. The van der Waals surface area contributed by atoms with Crippen molar-refractivity contribution in [2.45, 2.75) is 452 Å². The summed E-state index contributed by atoms with van der Waals surface area (Å²) in [6, 6.07) is 0. The molecule has 0 saturated heterocycles. The Balaban J connectivity index is 5.25. The van der Waals surface area contributed by atoms with Crippen molar-refractivity contribution in [3.05, 3.63) is 0 Å². The third-order valence-corrected chi connectivity index (χ3v) is 21.1.